The minimum Gasteiger partial charge on any atom is -0.497 e. The van der Waals surface area contributed by atoms with Crippen LogP contribution in [0, 0.1) is 5.82 Å². The number of anilines is 1. The van der Waals surface area contributed by atoms with Crippen molar-refractivity contribution in [3.05, 3.63) is 58.8 Å². The summed E-state index contributed by atoms with van der Waals surface area (Å²) in [5, 5.41) is 0. The van der Waals surface area contributed by atoms with Crippen molar-refractivity contribution in [2.24, 2.45) is 0 Å². The van der Waals surface area contributed by atoms with Crippen LogP contribution in [0.3, 0.4) is 0 Å². The number of methoxy groups -OCH3 is 2. The molecule has 128 valence electrons. The van der Waals surface area contributed by atoms with E-state index in [0.717, 1.165) is 5.56 Å². The van der Waals surface area contributed by atoms with Crippen molar-refractivity contribution in [3.8, 4) is 11.5 Å². The molecule has 0 spiro atoms. The van der Waals surface area contributed by atoms with Crippen molar-refractivity contribution in [1.82, 2.24) is 0 Å². The molecule has 1 fully saturated rings. The molecule has 2 aromatic carbocycles. The zero-order chi connectivity index (χ0) is 18.0. The summed E-state index contributed by atoms with van der Waals surface area (Å²) in [5.41, 5.74) is 1.27. The van der Waals surface area contributed by atoms with E-state index in [9.17, 15) is 9.18 Å². The minimum absolute atomic E-state index is 0.247. The number of rotatable bonds is 4. The summed E-state index contributed by atoms with van der Waals surface area (Å²) in [6.07, 6.45) is 1.69. The molecule has 4 nitrogen and oxygen atoms in total. The normalized spacial score (nSPS) is 15.8. The topological polar surface area (TPSA) is 38.8 Å². The average molecular weight is 375 g/mol. The van der Waals surface area contributed by atoms with Crippen LogP contribution in [0.25, 0.3) is 6.08 Å². The maximum absolute atomic E-state index is 13.0. The van der Waals surface area contributed by atoms with Crippen LogP contribution in [0.5, 0.6) is 11.5 Å². The lowest BCUT2D eigenvalue weighted by molar-refractivity contribution is -0.113. The monoisotopic (exact) mass is 375 g/mol. The van der Waals surface area contributed by atoms with Crippen LogP contribution in [-0.2, 0) is 4.79 Å². The van der Waals surface area contributed by atoms with E-state index < -0.39 is 0 Å². The molecule has 0 saturated carbocycles. The molecule has 3 rings (SSSR count). The molecule has 1 saturated heterocycles. The van der Waals surface area contributed by atoms with Crippen molar-refractivity contribution in [1.29, 1.82) is 0 Å². The Morgan fingerprint density at radius 2 is 1.84 bits per heavy atom. The second-order valence-electron chi connectivity index (χ2n) is 5.11. The van der Waals surface area contributed by atoms with Crippen molar-refractivity contribution in [2.75, 3.05) is 19.1 Å². The van der Waals surface area contributed by atoms with Crippen LogP contribution in [0.1, 0.15) is 5.56 Å². The molecule has 1 aliphatic rings. The number of hydrogen-bond donors (Lipinski definition) is 0. The third-order valence-corrected chi connectivity index (χ3v) is 4.89. The molecule has 0 atom stereocenters. The maximum atomic E-state index is 13.0. The fraction of sp³-hybridized carbons (Fsp3) is 0.111. The van der Waals surface area contributed by atoms with Gasteiger partial charge in [-0.15, -0.1) is 0 Å². The average Bonchev–Trinajstić information content (AvgIpc) is 2.90. The van der Waals surface area contributed by atoms with Gasteiger partial charge in [0.1, 0.15) is 17.3 Å². The molecule has 2 aromatic rings. The standard InChI is InChI=1S/C18H14FNO3S2/c1-22-13-7-8-14(15(10-13)23-2)20-17(21)16(25-18(20)24)9-11-3-5-12(19)6-4-11/h3-10H,1-2H3/b16-9-. The summed E-state index contributed by atoms with van der Waals surface area (Å²) >= 11 is 6.56. The zero-order valence-electron chi connectivity index (χ0n) is 13.5. The maximum Gasteiger partial charge on any atom is 0.270 e. The largest absolute Gasteiger partial charge is 0.497 e. The predicted octanol–water partition coefficient (Wildman–Crippen LogP) is 4.25. The van der Waals surface area contributed by atoms with Crippen LogP contribution in [0.4, 0.5) is 10.1 Å². The van der Waals surface area contributed by atoms with Crippen LogP contribution < -0.4 is 14.4 Å². The van der Waals surface area contributed by atoms with E-state index in [4.69, 9.17) is 21.7 Å². The van der Waals surface area contributed by atoms with Gasteiger partial charge in [0, 0.05) is 6.07 Å². The Bertz CT molecular complexity index is 865. The number of halogens is 1. The van der Waals surface area contributed by atoms with E-state index in [0.29, 0.717) is 26.4 Å². The molecule has 0 unspecified atom stereocenters. The highest BCUT2D eigenvalue weighted by Crippen LogP contribution is 2.41. The number of carbonyl (C=O) groups is 1. The van der Waals surface area contributed by atoms with Gasteiger partial charge < -0.3 is 9.47 Å². The molecule has 1 aliphatic heterocycles. The Kier molecular flexibility index (Phi) is 5.06. The van der Waals surface area contributed by atoms with Gasteiger partial charge in [-0.1, -0.05) is 36.1 Å². The Morgan fingerprint density at radius 1 is 1.12 bits per heavy atom. The molecule has 0 aliphatic carbocycles. The molecule has 0 N–H and O–H groups in total. The molecule has 0 radical (unpaired) electrons. The van der Waals surface area contributed by atoms with Gasteiger partial charge in [-0.05, 0) is 35.9 Å². The second kappa shape index (κ2) is 7.25. The third-order valence-electron chi connectivity index (χ3n) is 3.59. The van der Waals surface area contributed by atoms with Gasteiger partial charge in [-0.25, -0.2) is 4.39 Å². The molecule has 0 bridgehead atoms. The van der Waals surface area contributed by atoms with Gasteiger partial charge in [-0.2, -0.15) is 0 Å². The number of benzene rings is 2. The van der Waals surface area contributed by atoms with E-state index >= 15 is 0 Å². The quantitative estimate of drug-likeness (QED) is 0.590. The Morgan fingerprint density at radius 3 is 2.48 bits per heavy atom. The highest BCUT2D eigenvalue weighted by molar-refractivity contribution is 8.27. The Hall–Kier alpha value is -2.38. The summed E-state index contributed by atoms with van der Waals surface area (Å²) < 4.78 is 24.0. The van der Waals surface area contributed by atoms with Gasteiger partial charge in [0.05, 0.1) is 24.8 Å². The summed E-state index contributed by atoms with van der Waals surface area (Å²) in [5.74, 6) is 0.530. The van der Waals surface area contributed by atoms with Gasteiger partial charge in [0.15, 0.2) is 4.32 Å². The summed E-state index contributed by atoms with van der Waals surface area (Å²) in [4.78, 5) is 14.7. The van der Waals surface area contributed by atoms with Gasteiger partial charge in [0.25, 0.3) is 5.91 Å². The van der Waals surface area contributed by atoms with E-state index in [2.05, 4.69) is 0 Å². The minimum atomic E-state index is -0.326. The molecule has 1 amide bonds. The first kappa shape index (κ1) is 17.4. The highest BCUT2D eigenvalue weighted by atomic mass is 32.2. The van der Waals surface area contributed by atoms with E-state index in [1.165, 1.54) is 35.9 Å². The smallest absolute Gasteiger partial charge is 0.270 e. The fourth-order valence-electron chi connectivity index (χ4n) is 2.36. The van der Waals surface area contributed by atoms with Crippen molar-refractivity contribution in [2.45, 2.75) is 0 Å². The summed E-state index contributed by atoms with van der Waals surface area (Å²) in [7, 11) is 3.07. The van der Waals surface area contributed by atoms with Gasteiger partial charge >= 0.3 is 0 Å². The number of amides is 1. The summed E-state index contributed by atoms with van der Waals surface area (Å²) in [6, 6.07) is 11.1. The van der Waals surface area contributed by atoms with Crippen LogP contribution in [0.15, 0.2) is 47.4 Å². The number of hydrogen-bond acceptors (Lipinski definition) is 5. The highest BCUT2D eigenvalue weighted by Gasteiger charge is 2.35. The first-order valence-electron chi connectivity index (χ1n) is 7.29. The molecule has 25 heavy (non-hydrogen) atoms. The van der Waals surface area contributed by atoms with Crippen molar-refractivity contribution < 1.29 is 18.7 Å². The van der Waals surface area contributed by atoms with Gasteiger partial charge in [-0.3, -0.25) is 9.69 Å². The third kappa shape index (κ3) is 3.52. The Labute approximate surface area is 154 Å². The number of thioether (sulfide) groups is 1. The number of thiocarbonyl (C=S) groups is 1. The van der Waals surface area contributed by atoms with Crippen LogP contribution in [-0.4, -0.2) is 24.4 Å². The van der Waals surface area contributed by atoms with E-state index in [1.807, 2.05) is 0 Å². The van der Waals surface area contributed by atoms with Gasteiger partial charge in [0.2, 0.25) is 0 Å². The molecular weight excluding hydrogens is 361 g/mol. The molecule has 0 aromatic heterocycles. The molecule has 1 heterocycles. The number of ether oxygens (including phenoxy) is 2. The molecular formula is C18H14FNO3S2. The van der Waals surface area contributed by atoms with E-state index in [1.54, 1.807) is 43.5 Å². The lowest BCUT2D eigenvalue weighted by Crippen LogP contribution is -2.27. The first-order valence-corrected chi connectivity index (χ1v) is 8.51. The first-order chi connectivity index (χ1) is 12.0. The van der Waals surface area contributed by atoms with Crippen LogP contribution >= 0.6 is 24.0 Å². The number of carbonyl (C=O) groups excluding carboxylic acids is 1. The number of nitrogens with zero attached hydrogens (tertiary/aromatic N) is 1. The van der Waals surface area contributed by atoms with Crippen LogP contribution in [0.2, 0.25) is 0 Å². The zero-order valence-corrected chi connectivity index (χ0v) is 15.1. The summed E-state index contributed by atoms with van der Waals surface area (Å²) in [6.45, 7) is 0. The Balaban J connectivity index is 1.95. The SMILES string of the molecule is COc1ccc(N2C(=O)/C(=C/c3ccc(F)cc3)SC2=S)c(OC)c1. The molecule has 7 heteroatoms. The van der Waals surface area contributed by atoms with E-state index in [-0.39, 0.29) is 11.7 Å². The van der Waals surface area contributed by atoms with Crippen molar-refractivity contribution >= 4 is 46.0 Å². The lowest BCUT2D eigenvalue weighted by atomic mass is 10.2. The lowest BCUT2D eigenvalue weighted by Gasteiger charge is -2.18. The van der Waals surface area contributed by atoms with Crippen molar-refractivity contribution in [3.63, 3.8) is 0 Å². The second-order valence-corrected chi connectivity index (χ2v) is 6.78. The predicted molar refractivity (Wildman–Crippen MR) is 102 cm³/mol. The fourth-order valence-corrected chi connectivity index (χ4v) is 3.64.